The van der Waals surface area contributed by atoms with Gasteiger partial charge in [-0.25, -0.2) is 4.98 Å². The molecule has 1 aliphatic carbocycles. The minimum Gasteiger partial charge on any atom is -0.333 e. The van der Waals surface area contributed by atoms with Gasteiger partial charge in [-0.15, -0.1) is 0 Å². The van der Waals surface area contributed by atoms with Crippen molar-refractivity contribution in [2.45, 2.75) is 68.7 Å². The molecule has 5 unspecified atom stereocenters. The number of halogens is 1. The zero-order chi connectivity index (χ0) is 20.3. The number of carbonyl (C=O) groups is 2. The Morgan fingerprint density at radius 2 is 1.93 bits per heavy atom. The number of nitrogens with two attached hydrogens (primary N) is 1. The van der Waals surface area contributed by atoms with Crippen molar-refractivity contribution in [3.05, 3.63) is 29.8 Å². The van der Waals surface area contributed by atoms with E-state index >= 15 is 0 Å². The van der Waals surface area contributed by atoms with Crippen LogP contribution in [-0.4, -0.2) is 56.8 Å². The first-order chi connectivity index (χ1) is 14.0. The number of hydrogen-bond acceptors (Lipinski definition) is 5. The molecule has 0 spiro atoms. The van der Waals surface area contributed by atoms with Crippen molar-refractivity contribution in [3.63, 3.8) is 0 Å². The van der Waals surface area contributed by atoms with Crippen LogP contribution >= 0.6 is 0 Å². The second-order valence-electron chi connectivity index (χ2n) is 8.91. The average molecular weight is 397 g/mol. The molecule has 4 heterocycles. The summed E-state index contributed by atoms with van der Waals surface area (Å²) in [5, 5.41) is 9.37. The van der Waals surface area contributed by atoms with Gasteiger partial charge in [0.15, 0.2) is 0 Å². The lowest BCUT2D eigenvalue weighted by molar-refractivity contribution is -0.135. The van der Waals surface area contributed by atoms with E-state index in [9.17, 15) is 19.2 Å². The topological polar surface area (TPSA) is 103 Å². The van der Waals surface area contributed by atoms with Crippen molar-refractivity contribution in [2.75, 3.05) is 0 Å². The fraction of sp³-hybridized carbons (Fsp3) is 0.619. The zero-order valence-corrected chi connectivity index (χ0v) is 16.1. The second-order valence-corrected chi connectivity index (χ2v) is 8.91. The Morgan fingerprint density at radius 3 is 2.59 bits per heavy atom. The number of amides is 2. The molecule has 29 heavy (non-hydrogen) atoms. The number of pyridine rings is 1. The predicted octanol–water partition coefficient (Wildman–Crippen LogP) is 1.44. The maximum absolute atomic E-state index is 13.4. The summed E-state index contributed by atoms with van der Waals surface area (Å²) in [7, 11) is 0. The van der Waals surface area contributed by atoms with Crippen LogP contribution in [0.1, 0.15) is 48.9 Å². The Hall–Kier alpha value is -2.53. The molecule has 4 fully saturated rings. The molecule has 2 N–H and O–H groups in total. The number of carbonyl (C=O) groups excluding carboxylic acids is 2. The van der Waals surface area contributed by atoms with Crippen LogP contribution < -0.4 is 5.73 Å². The first kappa shape index (κ1) is 18.5. The molecule has 0 aromatic carbocycles. The second kappa shape index (κ2) is 6.77. The molecule has 1 saturated carbocycles. The fourth-order valence-corrected chi connectivity index (χ4v) is 5.79. The van der Waals surface area contributed by atoms with E-state index in [1.165, 1.54) is 18.3 Å². The van der Waals surface area contributed by atoms with Gasteiger partial charge in [-0.1, -0.05) is 0 Å². The number of likely N-dealkylation sites (tertiary alicyclic amines) is 1. The summed E-state index contributed by atoms with van der Waals surface area (Å²) in [5.41, 5.74) is 6.72. The van der Waals surface area contributed by atoms with E-state index in [-0.39, 0.29) is 41.9 Å². The van der Waals surface area contributed by atoms with E-state index in [4.69, 9.17) is 5.73 Å². The van der Waals surface area contributed by atoms with E-state index in [0.717, 1.165) is 25.7 Å². The van der Waals surface area contributed by atoms with Crippen molar-refractivity contribution in [1.29, 1.82) is 5.26 Å². The van der Waals surface area contributed by atoms with Crippen molar-refractivity contribution >= 4 is 11.8 Å². The van der Waals surface area contributed by atoms with E-state index in [1.807, 2.05) is 4.90 Å². The molecule has 5 rings (SSSR count). The molecule has 2 bridgehead atoms. The van der Waals surface area contributed by atoms with Crippen LogP contribution in [-0.2, 0) is 4.79 Å². The molecule has 1 aromatic rings. The highest BCUT2D eigenvalue weighted by molar-refractivity contribution is 5.95. The lowest BCUT2D eigenvalue weighted by atomic mass is 9.84. The summed E-state index contributed by atoms with van der Waals surface area (Å²) >= 11 is 0. The Labute approximate surface area is 168 Å². The summed E-state index contributed by atoms with van der Waals surface area (Å²) in [6.45, 7) is 0. The van der Waals surface area contributed by atoms with Crippen LogP contribution in [0.15, 0.2) is 18.3 Å². The van der Waals surface area contributed by atoms with Gasteiger partial charge in [0.2, 0.25) is 11.9 Å². The molecule has 152 valence electrons. The summed E-state index contributed by atoms with van der Waals surface area (Å²) in [5.74, 6) is -0.492. The van der Waals surface area contributed by atoms with Gasteiger partial charge in [0.25, 0.3) is 5.91 Å². The van der Waals surface area contributed by atoms with Crippen molar-refractivity contribution < 1.29 is 14.0 Å². The van der Waals surface area contributed by atoms with Gasteiger partial charge < -0.3 is 15.5 Å². The molecule has 7 atom stereocenters. The van der Waals surface area contributed by atoms with Crippen LogP contribution in [0, 0.1) is 29.1 Å². The highest BCUT2D eigenvalue weighted by Gasteiger charge is 2.56. The maximum Gasteiger partial charge on any atom is 0.254 e. The van der Waals surface area contributed by atoms with E-state index in [1.54, 1.807) is 4.90 Å². The van der Waals surface area contributed by atoms with Crippen molar-refractivity contribution in [2.24, 2.45) is 17.6 Å². The van der Waals surface area contributed by atoms with Gasteiger partial charge in [0.05, 0.1) is 12.1 Å². The van der Waals surface area contributed by atoms with Gasteiger partial charge in [-0.2, -0.15) is 9.65 Å². The molecular formula is C21H24FN5O2. The van der Waals surface area contributed by atoms with Crippen LogP contribution in [0.2, 0.25) is 0 Å². The molecular weight excluding hydrogens is 373 g/mol. The zero-order valence-electron chi connectivity index (χ0n) is 16.1. The van der Waals surface area contributed by atoms with Crippen LogP contribution in [0.4, 0.5) is 4.39 Å². The Kier molecular flexibility index (Phi) is 4.32. The molecule has 3 saturated heterocycles. The number of piperidine rings is 2. The third-order valence-electron chi connectivity index (χ3n) is 7.28. The minimum absolute atomic E-state index is 0.00429. The fourth-order valence-electron chi connectivity index (χ4n) is 5.79. The number of fused-ring (bicyclic) bond motifs is 3. The monoisotopic (exact) mass is 397 g/mol. The third-order valence-corrected chi connectivity index (χ3v) is 7.28. The Bertz CT molecular complexity index is 887. The molecule has 2 amide bonds. The minimum atomic E-state index is -0.665. The Morgan fingerprint density at radius 1 is 1.21 bits per heavy atom. The van der Waals surface area contributed by atoms with Crippen molar-refractivity contribution in [1.82, 2.24) is 14.8 Å². The number of nitrogens with zero attached hydrogens (tertiary/aromatic N) is 4. The normalized spacial score (nSPS) is 35.8. The average Bonchev–Trinajstić information content (AvgIpc) is 3.31. The summed E-state index contributed by atoms with van der Waals surface area (Å²) in [6, 6.07) is 4.19. The van der Waals surface area contributed by atoms with Gasteiger partial charge in [-0.05, 0) is 56.4 Å². The van der Waals surface area contributed by atoms with Gasteiger partial charge in [0.1, 0.15) is 6.04 Å². The Balaban J connectivity index is 1.29. The number of hydrogen-bond donors (Lipinski definition) is 1. The first-order valence-corrected chi connectivity index (χ1v) is 10.4. The van der Waals surface area contributed by atoms with Gasteiger partial charge in [0, 0.05) is 36.0 Å². The molecule has 0 radical (unpaired) electrons. The van der Waals surface area contributed by atoms with Gasteiger partial charge >= 0.3 is 0 Å². The summed E-state index contributed by atoms with van der Waals surface area (Å²) < 4.78 is 13.4. The summed E-state index contributed by atoms with van der Waals surface area (Å²) in [4.78, 5) is 33.1. The lowest BCUT2D eigenvalue weighted by Crippen LogP contribution is -2.55. The predicted molar refractivity (Wildman–Crippen MR) is 101 cm³/mol. The molecule has 1 aromatic heterocycles. The molecule has 8 heteroatoms. The number of nitriles is 1. The highest BCUT2D eigenvalue weighted by atomic mass is 19.1. The highest BCUT2D eigenvalue weighted by Crippen LogP contribution is 2.48. The van der Waals surface area contributed by atoms with E-state index in [2.05, 4.69) is 11.1 Å². The standard InChI is InChI=1S/C21H24FN5O2/c22-18-9-11(3-4-25-18)20(28)26-14-1-2-15(26)7-13(6-14)19(24)21(29)27-16(10-23)5-12-8-17(12)27/h3-4,9,12-17,19H,1-2,5-8,24H2/t12?,13?,14-,15?,16?,17?,19-/m1/s1. The van der Waals surface area contributed by atoms with Crippen LogP contribution in [0.3, 0.4) is 0 Å². The first-order valence-electron chi connectivity index (χ1n) is 10.4. The lowest BCUT2D eigenvalue weighted by Gasteiger charge is -2.41. The molecule has 3 aliphatic heterocycles. The number of rotatable bonds is 3. The van der Waals surface area contributed by atoms with Gasteiger partial charge in [-0.3, -0.25) is 9.59 Å². The van der Waals surface area contributed by atoms with Crippen LogP contribution in [0.25, 0.3) is 0 Å². The molecule has 4 aliphatic rings. The molecule has 7 nitrogen and oxygen atoms in total. The van der Waals surface area contributed by atoms with Crippen molar-refractivity contribution in [3.8, 4) is 6.07 Å². The quantitative estimate of drug-likeness (QED) is 0.778. The van der Waals surface area contributed by atoms with Crippen LogP contribution in [0.5, 0.6) is 0 Å². The third kappa shape index (κ3) is 2.99. The van der Waals surface area contributed by atoms with E-state index in [0.29, 0.717) is 24.3 Å². The smallest absolute Gasteiger partial charge is 0.254 e. The maximum atomic E-state index is 13.4. The SMILES string of the molecule is N#CC1CC2CC2N1C(=O)[C@H](N)C1CC2CC[C@H](C1)N2C(=O)c1ccnc(F)c1. The van der Waals surface area contributed by atoms with E-state index < -0.39 is 12.0 Å². The number of aromatic nitrogens is 1. The largest absolute Gasteiger partial charge is 0.333 e. The summed E-state index contributed by atoms with van der Waals surface area (Å²) in [6.07, 6.45) is 6.13.